The Morgan fingerprint density at radius 3 is 2.80 bits per heavy atom. The zero-order valence-corrected chi connectivity index (χ0v) is 10.7. The molecule has 1 saturated heterocycles. The van der Waals surface area contributed by atoms with Crippen LogP contribution in [0.15, 0.2) is 24.3 Å². The largest absolute Gasteiger partial charge is 0.373 e. The number of likely N-dealkylation sites (N-methyl/N-ethyl adjacent to an activating group) is 1. The molecule has 80 valence electrons. The summed E-state index contributed by atoms with van der Waals surface area (Å²) >= 11 is 2.27. The minimum absolute atomic E-state index is 0.0501. The van der Waals surface area contributed by atoms with Gasteiger partial charge >= 0.3 is 0 Å². The molecule has 0 aromatic heterocycles. The Morgan fingerprint density at radius 1 is 1.47 bits per heavy atom. The number of anilines is 1. The van der Waals surface area contributed by atoms with Gasteiger partial charge < -0.3 is 10.2 Å². The molecule has 0 bridgehead atoms. The highest BCUT2D eigenvalue weighted by Gasteiger charge is 2.28. The minimum atomic E-state index is -0.0501. The highest BCUT2D eigenvalue weighted by molar-refractivity contribution is 14.1. The number of rotatable bonds is 2. The van der Waals surface area contributed by atoms with Crippen LogP contribution in [0.25, 0.3) is 0 Å². The van der Waals surface area contributed by atoms with Crippen LogP contribution in [0.5, 0.6) is 0 Å². The third-order valence-electron chi connectivity index (χ3n) is 2.63. The number of nitrogens with one attached hydrogen (secondary N) is 1. The van der Waals surface area contributed by atoms with Crippen LogP contribution in [0.3, 0.4) is 0 Å². The summed E-state index contributed by atoms with van der Waals surface area (Å²) in [5.74, 6) is 0.189. The van der Waals surface area contributed by atoms with Crippen LogP contribution in [-0.4, -0.2) is 30.4 Å². The van der Waals surface area contributed by atoms with E-state index in [1.165, 1.54) is 0 Å². The second kappa shape index (κ2) is 4.38. The van der Waals surface area contributed by atoms with Crippen molar-refractivity contribution < 1.29 is 4.79 Å². The molecule has 0 spiro atoms. The number of likely N-dealkylation sites (tertiary alicyclic amines) is 1. The highest BCUT2D eigenvalue weighted by atomic mass is 127. The summed E-state index contributed by atoms with van der Waals surface area (Å²) in [5.41, 5.74) is 1.05. The highest BCUT2D eigenvalue weighted by Crippen LogP contribution is 2.21. The number of carbonyl (C=O) groups excluding carboxylic acids is 1. The Morgan fingerprint density at radius 2 is 2.20 bits per heavy atom. The number of benzene rings is 1. The van der Waals surface area contributed by atoms with Gasteiger partial charge in [-0.05, 0) is 41.1 Å². The molecule has 1 amide bonds. The van der Waals surface area contributed by atoms with E-state index in [1.54, 1.807) is 4.90 Å². The van der Waals surface area contributed by atoms with Crippen molar-refractivity contribution >= 4 is 34.2 Å². The molecule has 1 fully saturated rings. The fourth-order valence-corrected chi connectivity index (χ4v) is 2.27. The summed E-state index contributed by atoms with van der Waals surface area (Å²) in [5, 5.41) is 3.29. The predicted molar refractivity (Wildman–Crippen MR) is 68.8 cm³/mol. The average Bonchev–Trinajstić information content (AvgIpc) is 2.53. The van der Waals surface area contributed by atoms with E-state index in [9.17, 15) is 4.79 Å². The maximum absolute atomic E-state index is 11.7. The predicted octanol–water partition coefficient (Wildman–Crippen LogP) is 1.93. The smallest absolute Gasteiger partial charge is 0.244 e. The summed E-state index contributed by atoms with van der Waals surface area (Å²) in [6.45, 7) is 0.847. The molecule has 1 unspecified atom stereocenters. The van der Waals surface area contributed by atoms with Crippen molar-refractivity contribution in [1.82, 2.24) is 4.90 Å². The number of hydrogen-bond donors (Lipinski definition) is 1. The van der Waals surface area contributed by atoms with Gasteiger partial charge in [0, 0.05) is 22.8 Å². The fraction of sp³-hybridized carbons (Fsp3) is 0.364. The maximum atomic E-state index is 11.7. The molecule has 3 nitrogen and oxygen atoms in total. The minimum Gasteiger partial charge on any atom is -0.373 e. The van der Waals surface area contributed by atoms with Crippen LogP contribution in [0.4, 0.5) is 5.69 Å². The summed E-state index contributed by atoms with van der Waals surface area (Å²) < 4.78 is 1.15. The quantitative estimate of drug-likeness (QED) is 0.846. The van der Waals surface area contributed by atoms with Crippen LogP contribution in [0, 0.1) is 3.57 Å². The van der Waals surface area contributed by atoms with E-state index >= 15 is 0 Å². The van der Waals surface area contributed by atoms with Crippen molar-refractivity contribution in [2.45, 2.75) is 12.5 Å². The number of nitrogens with zero attached hydrogens (tertiary/aromatic N) is 1. The molecular formula is C11H13IN2O. The van der Waals surface area contributed by atoms with Crippen molar-refractivity contribution in [3.8, 4) is 0 Å². The first kappa shape index (κ1) is 10.7. The molecule has 1 aliphatic rings. The Balaban J connectivity index is 2.10. The molecule has 1 aromatic carbocycles. The molecule has 1 N–H and O–H groups in total. The van der Waals surface area contributed by atoms with Crippen LogP contribution in [0.1, 0.15) is 6.42 Å². The Labute approximate surface area is 103 Å². The van der Waals surface area contributed by atoms with E-state index in [2.05, 4.69) is 27.9 Å². The first-order chi connectivity index (χ1) is 7.18. The topological polar surface area (TPSA) is 32.3 Å². The monoisotopic (exact) mass is 316 g/mol. The van der Waals surface area contributed by atoms with Gasteiger partial charge in [-0.15, -0.1) is 0 Å². The normalized spacial score (nSPS) is 20.8. The van der Waals surface area contributed by atoms with Gasteiger partial charge in [0.25, 0.3) is 0 Å². The van der Waals surface area contributed by atoms with Crippen molar-refractivity contribution in [3.05, 3.63) is 27.8 Å². The molecule has 1 aliphatic heterocycles. The number of halogens is 1. The van der Waals surface area contributed by atoms with Crippen LogP contribution in [0.2, 0.25) is 0 Å². The standard InChI is InChI=1S/C11H13IN2O/c1-14-7-6-10(11(14)15)13-9-5-3-2-4-8(9)12/h2-5,10,13H,6-7H2,1H3. The van der Waals surface area contributed by atoms with E-state index in [-0.39, 0.29) is 11.9 Å². The van der Waals surface area contributed by atoms with E-state index in [0.29, 0.717) is 0 Å². The third kappa shape index (κ3) is 2.25. The van der Waals surface area contributed by atoms with Crippen molar-refractivity contribution in [2.24, 2.45) is 0 Å². The maximum Gasteiger partial charge on any atom is 0.244 e. The van der Waals surface area contributed by atoms with Gasteiger partial charge in [0.05, 0.1) is 0 Å². The second-order valence-corrected chi connectivity index (χ2v) is 4.89. The summed E-state index contributed by atoms with van der Waals surface area (Å²) in [6.07, 6.45) is 0.889. The fourth-order valence-electron chi connectivity index (χ4n) is 1.72. The van der Waals surface area contributed by atoms with Gasteiger partial charge in [-0.1, -0.05) is 12.1 Å². The lowest BCUT2D eigenvalue weighted by Crippen LogP contribution is -2.31. The number of carbonyl (C=O) groups is 1. The van der Waals surface area contributed by atoms with E-state index in [0.717, 1.165) is 22.2 Å². The van der Waals surface area contributed by atoms with Gasteiger partial charge in [0.1, 0.15) is 6.04 Å². The van der Waals surface area contributed by atoms with Crippen molar-refractivity contribution in [3.63, 3.8) is 0 Å². The Hall–Kier alpha value is -0.780. The summed E-state index contributed by atoms with van der Waals surface area (Å²) in [7, 11) is 1.85. The van der Waals surface area contributed by atoms with Gasteiger partial charge in [-0.25, -0.2) is 0 Å². The lowest BCUT2D eigenvalue weighted by atomic mass is 10.2. The molecule has 15 heavy (non-hydrogen) atoms. The average molecular weight is 316 g/mol. The van der Waals surface area contributed by atoms with Crippen LogP contribution < -0.4 is 5.32 Å². The van der Waals surface area contributed by atoms with Gasteiger partial charge in [0.2, 0.25) is 5.91 Å². The molecule has 1 atom stereocenters. The summed E-state index contributed by atoms with van der Waals surface area (Å²) in [4.78, 5) is 13.5. The molecule has 0 saturated carbocycles. The van der Waals surface area contributed by atoms with Crippen LogP contribution >= 0.6 is 22.6 Å². The number of para-hydroxylation sites is 1. The van der Waals surface area contributed by atoms with Gasteiger partial charge in [0.15, 0.2) is 0 Å². The van der Waals surface area contributed by atoms with E-state index < -0.39 is 0 Å². The molecule has 4 heteroatoms. The SMILES string of the molecule is CN1CCC(Nc2ccccc2I)C1=O. The van der Waals surface area contributed by atoms with Gasteiger partial charge in [-0.2, -0.15) is 0 Å². The second-order valence-electron chi connectivity index (χ2n) is 3.73. The summed E-state index contributed by atoms with van der Waals surface area (Å²) in [6, 6.07) is 7.97. The van der Waals surface area contributed by atoms with Crippen molar-refractivity contribution in [1.29, 1.82) is 0 Å². The number of hydrogen-bond acceptors (Lipinski definition) is 2. The third-order valence-corrected chi connectivity index (χ3v) is 3.57. The van der Waals surface area contributed by atoms with Gasteiger partial charge in [-0.3, -0.25) is 4.79 Å². The molecule has 1 aromatic rings. The zero-order chi connectivity index (χ0) is 10.8. The molecule has 2 rings (SSSR count). The zero-order valence-electron chi connectivity index (χ0n) is 8.53. The number of amides is 1. The van der Waals surface area contributed by atoms with Crippen molar-refractivity contribution in [2.75, 3.05) is 18.9 Å². The Kier molecular flexibility index (Phi) is 3.14. The Bertz CT molecular complexity index is 381. The molecule has 0 radical (unpaired) electrons. The lowest BCUT2D eigenvalue weighted by Gasteiger charge is -2.14. The van der Waals surface area contributed by atoms with E-state index in [1.807, 2.05) is 31.3 Å². The first-order valence-electron chi connectivity index (χ1n) is 4.94. The first-order valence-corrected chi connectivity index (χ1v) is 6.02. The lowest BCUT2D eigenvalue weighted by molar-refractivity contribution is -0.127. The van der Waals surface area contributed by atoms with Crippen LogP contribution in [-0.2, 0) is 4.79 Å². The van der Waals surface area contributed by atoms with E-state index in [4.69, 9.17) is 0 Å². The molecule has 0 aliphatic carbocycles. The molecule has 1 heterocycles. The molecular weight excluding hydrogens is 303 g/mol.